The van der Waals surface area contributed by atoms with Crippen LogP contribution in [0, 0.1) is 12.1 Å². The largest absolute Gasteiger partial charge is 0.500 e. The Balaban J connectivity index is 0.000000219. The van der Waals surface area contributed by atoms with Gasteiger partial charge in [0.05, 0.1) is 30.5 Å². The molecule has 62 heavy (non-hydrogen) atoms. The monoisotopic (exact) mass is 1010 g/mol. The zero-order valence-electron chi connectivity index (χ0n) is 38.0. The van der Waals surface area contributed by atoms with Crippen molar-refractivity contribution >= 4 is 67.8 Å². The first kappa shape index (κ1) is 41.7. The van der Waals surface area contributed by atoms with Crippen molar-refractivity contribution in [1.29, 1.82) is 0 Å². The smallest absolute Gasteiger partial charge is 0.128 e. The molecule has 0 N–H and O–H groups in total. The Morgan fingerprint density at radius 1 is 0.645 bits per heavy atom. The predicted molar refractivity (Wildman–Crippen MR) is 261 cm³/mol. The summed E-state index contributed by atoms with van der Waals surface area (Å²) in [6.45, 7) is 19.9. The van der Waals surface area contributed by atoms with E-state index in [4.69, 9.17) is 10.8 Å². The first-order valence-corrected chi connectivity index (χ1v) is 25.0. The molecule has 0 atom stereocenters. The molecule has 3 aromatic heterocycles. The van der Waals surface area contributed by atoms with Crippen molar-refractivity contribution in [2.24, 2.45) is 0 Å². The molecule has 1 radical (unpaired) electrons. The molecule has 0 unspecified atom stereocenters. The maximum Gasteiger partial charge on any atom is 0.128 e. The SMILES string of the molecule is CC(C)c1cccc(C(C)C)c1-n1c(-c2[c-]cc3oc4c(ccc5c6ccccc6ccc54)c3c2)nc2ccccc21.[2H]C(C)(C)c1cc(-c2[c-]cccc2)ncc1[Si](C)(C)C.[Ir]. The molecule has 0 saturated heterocycles. The van der Waals surface area contributed by atoms with Gasteiger partial charge in [-0.3, -0.25) is 4.98 Å². The first-order chi connectivity index (χ1) is 29.7. The number of imidazole rings is 1. The van der Waals surface area contributed by atoms with Crippen LogP contribution in [0.25, 0.3) is 82.8 Å². The molecule has 313 valence electrons. The maximum atomic E-state index is 8.44. The minimum Gasteiger partial charge on any atom is -0.500 e. The minimum atomic E-state index is -1.50. The molecule has 7 aromatic carbocycles. The standard InChI is InChI=1S/C39H31N2O.C17H22NSi.Ir/c1-23(2)27-12-9-13-28(24(3)4)37(27)41-35-15-8-7-14-34(35)40-39(41)26-17-21-36-33(22-26)32-20-19-30-29-11-6-5-10-25(29)16-18-31(30)38(32)42-36;1-13(2)15-11-16(14-9-7-6-8-10-14)18-12-17(15)19(3,4)5;/h5-16,18-24H,1-4H3;6-9,11-13H,1-5H3;/q2*-1;/i;13D;. The Hall–Kier alpha value is -5.65. The number of benzene rings is 7. The summed E-state index contributed by atoms with van der Waals surface area (Å²) in [6, 6.07) is 53.4. The van der Waals surface area contributed by atoms with Crippen LogP contribution in [0.4, 0.5) is 0 Å². The number of hydrogen-bond acceptors (Lipinski definition) is 3. The fourth-order valence-corrected chi connectivity index (χ4v) is 10.3. The summed E-state index contributed by atoms with van der Waals surface area (Å²) in [5.41, 5.74) is 11.6. The van der Waals surface area contributed by atoms with Gasteiger partial charge in [-0.15, -0.1) is 59.7 Å². The quantitative estimate of drug-likeness (QED) is 0.0908. The van der Waals surface area contributed by atoms with E-state index in [1.807, 2.05) is 50.4 Å². The van der Waals surface area contributed by atoms with E-state index in [0.717, 1.165) is 66.6 Å². The molecular weight excluding hydrogens is 951 g/mol. The van der Waals surface area contributed by atoms with Crippen LogP contribution in [0.3, 0.4) is 0 Å². The van der Waals surface area contributed by atoms with Crippen LogP contribution in [0.1, 0.15) is 77.3 Å². The van der Waals surface area contributed by atoms with Crippen molar-refractivity contribution in [2.45, 2.75) is 78.9 Å². The van der Waals surface area contributed by atoms with Gasteiger partial charge >= 0.3 is 0 Å². The number of fused-ring (bicyclic) bond motifs is 8. The van der Waals surface area contributed by atoms with Crippen LogP contribution in [0.15, 0.2) is 144 Å². The summed E-state index contributed by atoms with van der Waals surface area (Å²) in [5, 5.41) is 8.27. The number of hydrogen-bond donors (Lipinski definition) is 0. The van der Waals surface area contributed by atoms with E-state index in [1.165, 1.54) is 38.2 Å². The summed E-state index contributed by atoms with van der Waals surface area (Å²) in [7, 11) is -1.50. The van der Waals surface area contributed by atoms with Crippen molar-refractivity contribution in [1.82, 2.24) is 14.5 Å². The summed E-state index contributed by atoms with van der Waals surface area (Å²) in [4.78, 5) is 9.83. The molecule has 10 rings (SSSR count). The summed E-state index contributed by atoms with van der Waals surface area (Å²) in [6.07, 6.45) is 1.98. The molecule has 0 fully saturated rings. The average molecular weight is 1010 g/mol. The Morgan fingerprint density at radius 2 is 1.32 bits per heavy atom. The second-order valence-corrected chi connectivity index (χ2v) is 23.1. The van der Waals surface area contributed by atoms with Gasteiger partial charge in [0.15, 0.2) is 0 Å². The van der Waals surface area contributed by atoms with Crippen molar-refractivity contribution in [3.8, 4) is 28.3 Å². The van der Waals surface area contributed by atoms with Gasteiger partial charge in [-0.25, -0.2) is 0 Å². The third-order valence-corrected chi connectivity index (χ3v) is 13.9. The van der Waals surface area contributed by atoms with Crippen LogP contribution < -0.4 is 5.19 Å². The van der Waals surface area contributed by atoms with Crippen molar-refractivity contribution < 1.29 is 25.9 Å². The predicted octanol–water partition coefficient (Wildman–Crippen LogP) is 15.2. The van der Waals surface area contributed by atoms with Gasteiger partial charge in [0.25, 0.3) is 0 Å². The molecule has 0 bridgehead atoms. The second-order valence-electron chi connectivity index (χ2n) is 18.0. The number of pyridine rings is 1. The topological polar surface area (TPSA) is 43.9 Å². The van der Waals surface area contributed by atoms with E-state index in [-0.39, 0.29) is 20.1 Å². The van der Waals surface area contributed by atoms with E-state index in [2.05, 4.69) is 172 Å². The van der Waals surface area contributed by atoms with Crippen LogP contribution in [0.5, 0.6) is 0 Å². The third-order valence-electron chi connectivity index (χ3n) is 11.9. The van der Waals surface area contributed by atoms with Crippen LogP contribution >= 0.6 is 0 Å². The van der Waals surface area contributed by atoms with E-state index in [0.29, 0.717) is 11.8 Å². The molecule has 6 heteroatoms. The van der Waals surface area contributed by atoms with E-state index < -0.39 is 14.0 Å². The third kappa shape index (κ3) is 7.85. The number of rotatable bonds is 7. The average Bonchev–Trinajstić information content (AvgIpc) is 3.84. The fraction of sp³-hybridized carbons (Fsp3) is 0.214. The van der Waals surface area contributed by atoms with Crippen molar-refractivity contribution in [3.63, 3.8) is 0 Å². The van der Waals surface area contributed by atoms with E-state index in [9.17, 15) is 0 Å². The zero-order chi connectivity index (χ0) is 43.5. The van der Waals surface area contributed by atoms with Gasteiger partial charge in [-0.1, -0.05) is 157 Å². The number of para-hydroxylation sites is 3. The van der Waals surface area contributed by atoms with Gasteiger partial charge in [-0.05, 0) is 68.0 Å². The van der Waals surface area contributed by atoms with Gasteiger partial charge in [-0.2, -0.15) is 0 Å². The molecule has 4 nitrogen and oxygen atoms in total. The summed E-state index contributed by atoms with van der Waals surface area (Å²) >= 11 is 0. The number of nitrogens with zero attached hydrogens (tertiary/aromatic N) is 3. The van der Waals surface area contributed by atoms with Gasteiger partial charge < -0.3 is 14.0 Å². The van der Waals surface area contributed by atoms with Crippen LogP contribution in [0.2, 0.25) is 19.6 Å². The molecular formula is C56H53IrN3OSi-2. The summed E-state index contributed by atoms with van der Waals surface area (Å²) in [5.74, 6) is 1.01. The molecule has 0 spiro atoms. The fourth-order valence-electron chi connectivity index (χ4n) is 8.76. The number of aromatic nitrogens is 3. The molecule has 0 aliphatic rings. The Labute approximate surface area is 381 Å². The minimum absolute atomic E-state index is 0. The Kier molecular flexibility index (Phi) is 11.6. The maximum absolute atomic E-state index is 8.44. The van der Waals surface area contributed by atoms with Gasteiger partial charge in [0, 0.05) is 44.1 Å². The molecule has 0 aliphatic carbocycles. The van der Waals surface area contributed by atoms with Gasteiger partial charge in [0.2, 0.25) is 0 Å². The number of furan rings is 1. The van der Waals surface area contributed by atoms with E-state index >= 15 is 0 Å². The van der Waals surface area contributed by atoms with Crippen LogP contribution in [-0.4, -0.2) is 22.6 Å². The molecule has 10 aromatic rings. The van der Waals surface area contributed by atoms with Gasteiger partial charge in [0.1, 0.15) is 5.58 Å². The Bertz CT molecular complexity index is 3250. The summed E-state index contributed by atoms with van der Waals surface area (Å²) < 4.78 is 17.3. The Morgan fingerprint density at radius 3 is 2.03 bits per heavy atom. The zero-order valence-corrected chi connectivity index (χ0v) is 40.4. The molecule has 0 saturated carbocycles. The molecule has 0 amide bonds. The first-order valence-electron chi connectivity index (χ1n) is 22.0. The normalized spacial score (nSPS) is 12.3. The van der Waals surface area contributed by atoms with Crippen molar-refractivity contribution in [3.05, 3.63) is 168 Å². The molecule has 0 aliphatic heterocycles. The van der Waals surface area contributed by atoms with E-state index in [1.54, 1.807) is 0 Å². The van der Waals surface area contributed by atoms with Crippen molar-refractivity contribution in [2.75, 3.05) is 0 Å². The second kappa shape index (κ2) is 17.2. The molecule has 3 heterocycles. The van der Waals surface area contributed by atoms with Crippen LogP contribution in [-0.2, 0) is 20.1 Å².